The van der Waals surface area contributed by atoms with E-state index in [4.69, 9.17) is 10.5 Å². The number of ether oxygens (including phenoxy) is 1. The molecule has 0 aliphatic carbocycles. The molecule has 1 aromatic rings. The van der Waals surface area contributed by atoms with Gasteiger partial charge in [0.15, 0.2) is 0 Å². The fraction of sp³-hybridized carbons (Fsp3) is 0.474. The Bertz CT molecular complexity index is 835. The highest BCUT2D eigenvalue weighted by molar-refractivity contribution is 5.94. The zero-order valence-corrected chi connectivity index (χ0v) is 16.3. The lowest BCUT2D eigenvalue weighted by Gasteiger charge is -2.46. The van der Waals surface area contributed by atoms with Gasteiger partial charge >= 0.3 is 11.9 Å². The highest BCUT2D eigenvalue weighted by atomic mass is 16.6. The predicted molar refractivity (Wildman–Crippen MR) is 101 cm³/mol. The number of carbonyl (C=O) groups is 2. The summed E-state index contributed by atoms with van der Waals surface area (Å²) in [7, 11) is 0. The van der Waals surface area contributed by atoms with E-state index in [-0.39, 0.29) is 17.7 Å². The van der Waals surface area contributed by atoms with Gasteiger partial charge in [0, 0.05) is 23.7 Å². The Morgan fingerprint density at radius 2 is 2.07 bits per heavy atom. The molecule has 28 heavy (non-hydrogen) atoms. The molecule has 9 heteroatoms. The lowest BCUT2D eigenvalue weighted by atomic mass is 9.62. The van der Waals surface area contributed by atoms with Gasteiger partial charge in [0.25, 0.3) is 5.69 Å². The number of aliphatic carboxylic acids is 1. The van der Waals surface area contributed by atoms with Gasteiger partial charge in [-0.1, -0.05) is 19.1 Å². The standard InChI is InChI=1S/C19H25N3O6/c1-5-19(18(24)25)15(12-7-6-8-13(9-12)22(26)27)14(11(4)21-17(19)20)16(23)28-10(2)3/h6-10,15,17,21H,5,20H2,1-4H3,(H,24,25). The highest BCUT2D eigenvalue weighted by Gasteiger charge is 2.56. The van der Waals surface area contributed by atoms with Crippen molar-refractivity contribution in [2.45, 2.75) is 52.3 Å². The van der Waals surface area contributed by atoms with Crippen LogP contribution in [0.1, 0.15) is 45.6 Å². The van der Waals surface area contributed by atoms with Gasteiger partial charge in [-0.05, 0) is 32.8 Å². The molecule has 0 saturated carbocycles. The van der Waals surface area contributed by atoms with E-state index in [0.29, 0.717) is 11.3 Å². The van der Waals surface area contributed by atoms with E-state index in [9.17, 15) is 24.8 Å². The van der Waals surface area contributed by atoms with Crippen molar-refractivity contribution in [3.63, 3.8) is 0 Å². The third-order valence-electron chi connectivity index (χ3n) is 5.10. The first-order valence-corrected chi connectivity index (χ1v) is 8.97. The summed E-state index contributed by atoms with van der Waals surface area (Å²) in [4.78, 5) is 35.9. The van der Waals surface area contributed by atoms with E-state index < -0.39 is 40.5 Å². The van der Waals surface area contributed by atoms with Crippen LogP contribution in [0.3, 0.4) is 0 Å². The number of nitrogens with one attached hydrogen (secondary N) is 1. The Balaban J connectivity index is 2.79. The number of carbonyl (C=O) groups excluding carboxylic acids is 1. The normalized spacial score (nSPS) is 24.6. The van der Waals surface area contributed by atoms with Crippen molar-refractivity contribution in [2.24, 2.45) is 11.1 Å². The van der Waals surface area contributed by atoms with Crippen molar-refractivity contribution in [1.82, 2.24) is 5.32 Å². The second-order valence-electron chi connectivity index (χ2n) is 7.10. The van der Waals surface area contributed by atoms with Crippen LogP contribution < -0.4 is 11.1 Å². The molecule has 0 saturated heterocycles. The molecular weight excluding hydrogens is 366 g/mol. The Kier molecular flexibility index (Phi) is 6.08. The smallest absolute Gasteiger partial charge is 0.336 e. The van der Waals surface area contributed by atoms with Crippen molar-refractivity contribution < 1.29 is 24.4 Å². The molecule has 1 aliphatic rings. The molecule has 0 radical (unpaired) electrons. The average molecular weight is 391 g/mol. The Morgan fingerprint density at radius 3 is 2.57 bits per heavy atom. The van der Waals surface area contributed by atoms with Gasteiger partial charge in [-0.2, -0.15) is 0 Å². The molecule has 0 bridgehead atoms. The number of non-ortho nitro benzene ring substituents is 1. The third-order valence-corrected chi connectivity index (χ3v) is 5.10. The molecule has 1 aromatic carbocycles. The van der Waals surface area contributed by atoms with Crippen LogP contribution in [-0.2, 0) is 14.3 Å². The van der Waals surface area contributed by atoms with E-state index in [1.54, 1.807) is 33.8 Å². The topological polar surface area (TPSA) is 145 Å². The third kappa shape index (κ3) is 3.57. The fourth-order valence-electron chi connectivity index (χ4n) is 3.76. The minimum Gasteiger partial charge on any atom is -0.481 e. The van der Waals surface area contributed by atoms with Gasteiger partial charge in [-0.15, -0.1) is 0 Å². The molecule has 0 amide bonds. The molecule has 152 valence electrons. The summed E-state index contributed by atoms with van der Waals surface area (Å²) >= 11 is 0. The van der Waals surface area contributed by atoms with Crippen molar-refractivity contribution in [2.75, 3.05) is 0 Å². The molecule has 0 fully saturated rings. The van der Waals surface area contributed by atoms with Crippen LogP contribution in [0.2, 0.25) is 0 Å². The molecule has 0 aromatic heterocycles. The lowest BCUT2D eigenvalue weighted by Crippen LogP contribution is -2.61. The number of carboxylic acids is 1. The molecule has 3 atom stereocenters. The van der Waals surface area contributed by atoms with Gasteiger partial charge in [0.05, 0.1) is 22.8 Å². The quantitative estimate of drug-likeness (QED) is 0.380. The SMILES string of the molecule is CCC1(C(=O)O)C(N)NC(C)=C(C(=O)OC(C)C)C1c1cccc([N+](=O)[O-])c1. The van der Waals surface area contributed by atoms with E-state index in [2.05, 4.69) is 5.32 Å². The number of nitrogens with two attached hydrogens (primary N) is 1. The molecule has 3 unspecified atom stereocenters. The van der Waals surface area contributed by atoms with Gasteiger partial charge in [0.2, 0.25) is 0 Å². The number of nitro groups is 1. The molecular formula is C19H25N3O6. The summed E-state index contributed by atoms with van der Waals surface area (Å²) in [5, 5.41) is 24.2. The number of allylic oxidation sites excluding steroid dienone is 1. The van der Waals surface area contributed by atoms with Crippen molar-refractivity contribution in [3.8, 4) is 0 Å². The minimum absolute atomic E-state index is 0.0929. The maximum absolute atomic E-state index is 12.9. The van der Waals surface area contributed by atoms with Crippen LogP contribution in [0.25, 0.3) is 0 Å². The van der Waals surface area contributed by atoms with Crippen LogP contribution >= 0.6 is 0 Å². The van der Waals surface area contributed by atoms with Crippen molar-refractivity contribution in [1.29, 1.82) is 0 Å². The van der Waals surface area contributed by atoms with Crippen LogP contribution in [0.4, 0.5) is 5.69 Å². The molecule has 9 nitrogen and oxygen atoms in total. The number of nitrogens with zero attached hydrogens (tertiary/aromatic N) is 1. The fourth-order valence-corrected chi connectivity index (χ4v) is 3.76. The van der Waals surface area contributed by atoms with E-state index in [1.165, 1.54) is 18.2 Å². The number of nitro benzene ring substituents is 1. The molecule has 1 aliphatic heterocycles. The first-order chi connectivity index (χ1) is 13.1. The predicted octanol–water partition coefficient (Wildman–Crippen LogP) is 2.27. The highest BCUT2D eigenvalue weighted by Crippen LogP contribution is 2.49. The number of rotatable bonds is 6. The van der Waals surface area contributed by atoms with Crippen LogP contribution in [-0.4, -0.2) is 34.2 Å². The summed E-state index contributed by atoms with van der Waals surface area (Å²) in [6, 6.07) is 5.62. The number of esters is 1. The summed E-state index contributed by atoms with van der Waals surface area (Å²) in [5.74, 6) is -2.89. The maximum Gasteiger partial charge on any atom is 0.336 e. The Morgan fingerprint density at radius 1 is 1.43 bits per heavy atom. The zero-order chi connectivity index (χ0) is 21.2. The van der Waals surface area contributed by atoms with Gasteiger partial charge in [-0.3, -0.25) is 14.9 Å². The van der Waals surface area contributed by atoms with E-state index in [0.717, 1.165) is 0 Å². The summed E-state index contributed by atoms with van der Waals surface area (Å²) < 4.78 is 5.34. The lowest BCUT2D eigenvalue weighted by molar-refractivity contribution is -0.384. The van der Waals surface area contributed by atoms with Crippen molar-refractivity contribution >= 4 is 17.6 Å². The average Bonchev–Trinajstić information content (AvgIpc) is 2.60. The van der Waals surface area contributed by atoms with Crippen LogP contribution in [0.5, 0.6) is 0 Å². The molecule has 0 spiro atoms. The zero-order valence-electron chi connectivity index (χ0n) is 16.3. The van der Waals surface area contributed by atoms with Gasteiger partial charge < -0.3 is 20.9 Å². The second-order valence-corrected chi connectivity index (χ2v) is 7.10. The molecule has 2 rings (SSSR count). The second kappa shape index (κ2) is 7.97. The number of carboxylic acid groups (broad SMARTS) is 1. The Hall–Kier alpha value is -2.94. The Labute approximate surface area is 162 Å². The van der Waals surface area contributed by atoms with Gasteiger partial charge in [0.1, 0.15) is 5.41 Å². The molecule has 1 heterocycles. The number of benzene rings is 1. The summed E-state index contributed by atoms with van der Waals surface area (Å²) in [6.45, 7) is 6.64. The van der Waals surface area contributed by atoms with Crippen molar-refractivity contribution in [3.05, 3.63) is 51.2 Å². The maximum atomic E-state index is 12.9. The minimum atomic E-state index is -1.60. The first-order valence-electron chi connectivity index (χ1n) is 8.97. The van der Waals surface area contributed by atoms with E-state index >= 15 is 0 Å². The van der Waals surface area contributed by atoms with Crippen LogP contribution in [0.15, 0.2) is 35.5 Å². The number of hydrogen-bond acceptors (Lipinski definition) is 7. The van der Waals surface area contributed by atoms with Gasteiger partial charge in [-0.25, -0.2) is 4.79 Å². The monoisotopic (exact) mass is 391 g/mol. The summed E-state index contributed by atoms with van der Waals surface area (Å²) in [5.41, 5.74) is 5.22. The van der Waals surface area contributed by atoms with Crippen LogP contribution in [0, 0.1) is 15.5 Å². The summed E-state index contributed by atoms with van der Waals surface area (Å²) in [6.07, 6.45) is -1.33. The first kappa shape index (κ1) is 21.4. The number of hydrogen-bond donors (Lipinski definition) is 3. The molecule has 4 N–H and O–H groups in total. The van der Waals surface area contributed by atoms with E-state index in [1.807, 2.05) is 0 Å². The largest absolute Gasteiger partial charge is 0.481 e.